The Bertz CT molecular complexity index is 295. The molecule has 1 aromatic carbocycles. The van der Waals surface area contributed by atoms with Gasteiger partial charge in [-0.2, -0.15) is 0 Å². The first kappa shape index (κ1) is 6.90. The summed E-state index contributed by atoms with van der Waals surface area (Å²) in [6.07, 6.45) is 1.25. The number of hydrogen-bond acceptors (Lipinski definition) is 0. The molecule has 0 N–H and O–H groups in total. The summed E-state index contributed by atoms with van der Waals surface area (Å²) in [7, 11) is 0. The van der Waals surface area contributed by atoms with E-state index in [4.69, 9.17) is 0 Å². The molecule has 0 spiro atoms. The van der Waals surface area contributed by atoms with Gasteiger partial charge < -0.3 is 0 Å². The zero-order valence-corrected chi connectivity index (χ0v) is 7.44. The normalized spacial score (nSPS) is 18.8. The molecule has 0 unspecified atom stereocenters. The molecule has 58 valence electrons. The lowest BCUT2D eigenvalue weighted by molar-refractivity contribution is 0.455. The van der Waals surface area contributed by atoms with Crippen molar-refractivity contribution < 1.29 is 0 Å². The van der Waals surface area contributed by atoms with Gasteiger partial charge in [-0.1, -0.05) is 37.6 Å². The number of aryl methyl sites for hydroxylation is 1. The molecular formula is C11H14. The molecule has 2 rings (SSSR count). The van der Waals surface area contributed by atoms with Gasteiger partial charge in [0.15, 0.2) is 0 Å². The fourth-order valence-electron chi connectivity index (χ4n) is 1.94. The van der Waals surface area contributed by atoms with E-state index in [1.54, 1.807) is 11.1 Å². The average Bonchev–Trinajstić information content (AvgIpc) is 1.92. The summed E-state index contributed by atoms with van der Waals surface area (Å²) in [6, 6.07) is 6.78. The third-order valence-electron chi connectivity index (χ3n) is 2.63. The van der Waals surface area contributed by atoms with Crippen LogP contribution in [0, 0.1) is 6.92 Å². The van der Waals surface area contributed by atoms with Crippen molar-refractivity contribution in [1.82, 2.24) is 0 Å². The number of benzene rings is 1. The van der Waals surface area contributed by atoms with E-state index < -0.39 is 0 Å². The Labute approximate surface area is 68.3 Å². The van der Waals surface area contributed by atoms with Gasteiger partial charge >= 0.3 is 0 Å². The molecule has 0 aromatic heterocycles. The van der Waals surface area contributed by atoms with Crippen LogP contribution < -0.4 is 0 Å². The van der Waals surface area contributed by atoms with Gasteiger partial charge in [0.05, 0.1) is 0 Å². The zero-order valence-electron chi connectivity index (χ0n) is 7.44. The summed E-state index contributed by atoms with van der Waals surface area (Å²) in [5.41, 5.74) is 4.93. The van der Waals surface area contributed by atoms with Crippen molar-refractivity contribution in [2.75, 3.05) is 0 Å². The second-order valence-corrected chi connectivity index (χ2v) is 4.22. The molecule has 0 heterocycles. The summed E-state index contributed by atoms with van der Waals surface area (Å²) in [4.78, 5) is 0. The summed E-state index contributed by atoms with van der Waals surface area (Å²) in [6.45, 7) is 6.79. The van der Waals surface area contributed by atoms with Crippen molar-refractivity contribution in [3.05, 3.63) is 34.9 Å². The number of rotatable bonds is 0. The molecule has 1 aromatic rings. The van der Waals surface area contributed by atoms with Crippen LogP contribution in [0.3, 0.4) is 0 Å². The van der Waals surface area contributed by atoms with Gasteiger partial charge in [-0.25, -0.2) is 0 Å². The molecule has 0 aliphatic heterocycles. The molecular weight excluding hydrogens is 132 g/mol. The lowest BCUT2D eigenvalue weighted by Gasteiger charge is -2.38. The first-order valence-electron chi connectivity index (χ1n) is 4.20. The van der Waals surface area contributed by atoms with E-state index in [0.29, 0.717) is 5.41 Å². The Balaban J connectivity index is 2.53. The van der Waals surface area contributed by atoms with Crippen molar-refractivity contribution in [2.24, 2.45) is 0 Å². The van der Waals surface area contributed by atoms with Crippen molar-refractivity contribution in [3.63, 3.8) is 0 Å². The van der Waals surface area contributed by atoms with Crippen LogP contribution in [0.2, 0.25) is 0 Å². The Morgan fingerprint density at radius 2 is 2.00 bits per heavy atom. The summed E-state index contributed by atoms with van der Waals surface area (Å²) >= 11 is 0. The SMILES string of the molecule is Cc1ccc2c(c1)C(C)(C)C2. The topological polar surface area (TPSA) is 0 Å². The van der Waals surface area contributed by atoms with Crippen LogP contribution in [0.1, 0.15) is 30.5 Å². The molecule has 1 aliphatic carbocycles. The highest BCUT2D eigenvalue weighted by molar-refractivity contribution is 5.45. The molecule has 1 aliphatic rings. The molecule has 0 saturated heterocycles. The van der Waals surface area contributed by atoms with Gasteiger partial charge in [-0.3, -0.25) is 0 Å². The van der Waals surface area contributed by atoms with Gasteiger partial charge in [0.1, 0.15) is 0 Å². The van der Waals surface area contributed by atoms with E-state index in [1.807, 2.05) is 0 Å². The molecule has 0 saturated carbocycles. The van der Waals surface area contributed by atoms with Gasteiger partial charge in [-0.15, -0.1) is 0 Å². The van der Waals surface area contributed by atoms with E-state index >= 15 is 0 Å². The number of hydrogen-bond donors (Lipinski definition) is 0. The average molecular weight is 146 g/mol. The minimum Gasteiger partial charge on any atom is -0.0590 e. The van der Waals surface area contributed by atoms with E-state index in [1.165, 1.54) is 12.0 Å². The fourth-order valence-corrected chi connectivity index (χ4v) is 1.94. The smallest absolute Gasteiger partial charge is 0.00603 e. The van der Waals surface area contributed by atoms with E-state index in [9.17, 15) is 0 Å². The largest absolute Gasteiger partial charge is 0.0590 e. The van der Waals surface area contributed by atoms with Crippen molar-refractivity contribution in [2.45, 2.75) is 32.6 Å². The second kappa shape index (κ2) is 1.88. The van der Waals surface area contributed by atoms with Crippen LogP contribution in [0.4, 0.5) is 0 Å². The van der Waals surface area contributed by atoms with Crippen LogP contribution >= 0.6 is 0 Å². The highest BCUT2D eigenvalue weighted by Gasteiger charge is 2.33. The zero-order chi connectivity index (χ0) is 8.06. The predicted molar refractivity (Wildman–Crippen MR) is 47.9 cm³/mol. The quantitative estimate of drug-likeness (QED) is 0.528. The highest BCUT2D eigenvalue weighted by atomic mass is 14.4. The fraction of sp³-hybridized carbons (Fsp3) is 0.455. The van der Waals surface area contributed by atoms with Crippen molar-refractivity contribution in [3.8, 4) is 0 Å². The second-order valence-electron chi connectivity index (χ2n) is 4.22. The molecule has 0 atom stereocenters. The molecule has 0 radical (unpaired) electrons. The first-order valence-corrected chi connectivity index (χ1v) is 4.20. The molecule has 0 amide bonds. The van der Waals surface area contributed by atoms with Crippen LogP contribution in [0.5, 0.6) is 0 Å². The molecule has 0 fully saturated rings. The minimum atomic E-state index is 0.446. The van der Waals surface area contributed by atoms with Crippen molar-refractivity contribution in [1.29, 1.82) is 0 Å². The van der Waals surface area contributed by atoms with Gasteiger partial charge in [0, 0.05) is 0 Å². The van der Waals surface area contributed by atoms with Crippen LogP contribution in [-0.2, 0) is 11.8 Å². The molecule has 0 heteroatoms. The lowest BCUT2D eigenvalue weighted by atomic mass is 9.66. The molecule has 0 bridgehead atoms. The highest BCUT2D eigenvalue weighted by Crippen LogP contribution is 2.40. The lowest BCUT2D eigenvalue weighted by Crippen LogP contribution is -2.32. The third-order valence-corrected chi connectivity index (χ3v) is 2.63. The third kappa shape index (κ3) is 0.891. The minimum absolute atomic E-state index is 0.446. The molecule has 11 heavy (non-hydrogen) atoms. The standard InChI is InChI=1S/C11H14/c1-8-4-5-9-7-11(2,3)10(9)6-8/h4-6H,7H2,1-3H3. The van der Waals surface area contributed by atoms with E-state index in [-0.39, 0.29) is 0 Å². The van der Waals surface area contributed by atoms with Crippen LogP contribution in [-0.4, -0.2) is 0 Å². The number of fused-ring (bicyclic) bond motifs is 1. The Kier molecular flexibility index (Phi) is 1.18. The van der Waals surface area contributed by atoms with Gasteiger partial charge in [0.25, 0.3) is 0 Å². The molecule has 0 nitrogen and oxygen atoms in total. The predicted octanol–water partition coefficient (Wildman–Crippen LogP) is 2.83. The monoisotopic (exact) mass is 146 g/mol. The van der Waals surface area contributed by atoms with Crippen molar-refractivity contribution >= 4 is 0 Å². The Hall–Kier alpha value is -0.780. The van der Waals surface area contributed by atoms with Gasteiger partial charge in [0.2, 0.25) is 0 Å². The maximum atomic E-state index is 2.32. The Morgan fingerprint density at radius 3 is 2.55 bits per heavy atom. The van der Waals surface area contributed by atoms with E-state index in [2.05, 4.69) is 39.0 Å². The summed E-state index contributed by atoms with van der Waals surface area (Å²) in [5.74, 6) is 0. The maximum absolute atomic E-state index is 2.32. The van der Waals surface area contributed by atoms with Crippen LogP contribution in [0.25, 0.3) is 0 Å². The van der Waals surface area contributed by atoms with E-state index in [0.717, 1.165) is 0 Å². The summed E-state index contributed by atoms with van der Waals surface area (Å²) in [5, 5.41) is 0. The Morgan fingerprint density at radius 1 is 1.27 bits per heavy atom. The summed E-state index contributed by atoms with van der Waals surface area (Å²) < 4.78 is 0. The van der Waals surface area contributed by atoms with Gasteiger partial charge in [-0.05, 0) is 29.9 Å². The first-order chi connectivity index (χ1) is 5.09. The maximum Gasteiger partial charge on any atom is -0.00603 e. The van der Waals surface area contributed by atoms with Crippen LogP contribution in [0.15, 0.2) is 18.2 Å².